The predicted octanol–water partition coefficient (Wildman–Crippen LogP) is 5.41. The molecule has 4 rings (SSSR count). The van der Waals surface area contributed by atoms with E-state index < -0.39 is 6.10 Å². The SMILES string of the molecule is Cc1ccc(C(O)C(c2ccc(N(C)C)cc2)c2c[nH]c3ccccc23)cc1. The lowest BCUT2D eigenvalue weighted by Gasteiger charge is -2.25. The molecule has 0 aliphatic rings. The van der Waals surface area contributed by atoms with E-state index in [4.69, 9.17) is 0 Å². The van der Waals surface area contributed by atoms with Crippen molar-refractivity contribution in [3.05, 3.63) is 101 Å². The first-order valence-corrected chi connectivity index (χ1v) is 9.62. The van der Waals surface area contributed by atoms with Crippen LogP contribution in [0.5, 0.6) is 0 Å². The van der Waals surface area contributed by atoms with Gasteiger partial charge >= 0.3 is 0 Å². The molecule has 1 heterocycles. The molecule has 1 aromatic heterocycles. The fourth-order valence-corrected chi connectivity index (χ4v) is 3.82. The van der Waals surface area contributed by atoms with Crippen LogP contribution in [0.4, 0.5) is 5.69 Å². The van der Waals surface area contributed by atoms with Gasteiger partial charge in [0.2, 0.25) is 0 Å². The average molecular weight is 370 g/mol. The monoisotopic (exact) mass is 370 g/mol. The number of benzene rings is 3. The molecule has 0 saturated heterocycles. The number of aryl methyl sites for hydroxylation is 1. The Hall–Kier alpha value is -3.04. The fraction of sp³-hybridized carbons (Fsp3) is 0.200. The summed E-state index contributed by atoms with van der Waals surface area (Å²) >= 11 is 0. The zero-order valence-corrected chi connectivity index (χ0v) is 16.6. The van der Waals surface area contributed by atoms with Crippen molar-refractivity contribution in [2.45, 2.75) is 18.9 Å². The van der Waals surface area contributed by atoms with Gasteiger partial charge in [0.25, 0.3) is 0 Å². The maximum Gasteiger partial charge on any atom is 0.0899 e. The van der Waals surface area contributed by atoms with E-state index >= 15 is 0 Å². The van der Waals surface area contributed by atoms with Gasteiger partial charge in [-0.1, -0.05) is 60.2 Å². The number of aliphatic hydroxyl groups excluding tert-OH is 1. The minimum absolute atomic E-state index is 0.157. The van der Waals surface area contributed by atoms with Gasteiger partial charge in [0.1, 0.15) is 0 Å². The average Bonchev–Trinajstić information content (AvgIpc) is 3.13. The molecule has 0 aliphatic carbocycles. The van der Waals surface area contributed by atoms with Gasteiger partial charge in [0.05, 0.1) is 6.10 Å². The number of hydrogen-bond donors (Lipinski definition) is 2. The van der Waals surface area contributed by atoms with Crippen molar-refractivity contribution in [2.75, 3.05) is 19.0 Å². The maximum absolute atomic E-state index is 11.4. The minimum Gasteiger partial charge on any atom is -0.387 e. The van der Waals surface area contributed by atoms with E-state index in [0.29, 0.717) is 0 Å². The summed E-state index contributed by atoms with van der Waals surface area (Å²) in [5, 5.41) is 12.6. The largest absolute Gasteiger partial charge is 0.387 e. The molecule has 0 saturated carbocycles. The summed E-state index contributed by atoms with van der Waals surface area (Å²) in [4.78, 5) is 5.45. The molecule has 2 unspecified atom stereocenters. The molecule has 3 aromatic carbocycles. The maximum atomic E-state index is 11.4. The number of para-hydroxylation sites is 1. The van der Waals surface area contributed by atoms with Gasteiger partial charge in [0, 0.05) is 42.8 Å². The lowest BCUT2D eigenvalue weighted by Crippen LogP contribution is -2.13. The summed E-state index contributed by atoms with van der Waals surface area (Å²) in [6.07, 6.45) is 1.40. The van der Waals surface area contributed by atoms with Crippen molar-refractivity contribution in [2.24, 2.45) is 0 Å². The minimum atomic E-state index is -0.634. The molecule has 28 heavy (non-hydrogen) atoms. The van der Waals surface area contributed by atoms with Crippen LogP contribution in [0, 0.1) is 6.92 Å². The number of nitrogens with one attached hydrogen (secondary N) is 1. The molecule has 4 aromatic rings. The third-order valence-corrected chi connectivity index (χ3v) is 5.46. The lowest BCUT2D eigenvalue weighted by atomic mass is 9.83. The van der Waals surface area contributed by atoms with E-state index in [0.717, 1.165) is 33.3 Å². The number of aliphatic hydroxyl groups is 1. The van der Waals surface area contributed by atoms with Crippen LogP contribution in [0.15, 0.2) is 79.0 Å². The number of H-pyrrole nitrogens is 1. The molecule has 0 spiro atoms. The topological polar surface area (TPSA) is 39.3 Å². The Balaban J connectivity index is 1.84. The molecular weight excluding hydrogens is 344 g/mol. The molecular formula is C25H26N2O. The second-order valence-electron chi connectivity index (χ2n) is 7.61. The van der Waals surface area contributed by atoms with Crippen LogP contribution in [0.25, 0.3) is 10.9 Å². The highest BCUT2D eigenvalue weighted by atomic mass is 16.3. The Bertz CT molecular complexity index is 1060. The van der Waals surface area contributed by atoms with Crippen molar-refractivity contribution < 1.29 is 5.11 Å². The Morgan fingerprint density at radius 3 is 2.14 bits per heavy atom. The van der Waals surface area contributed by atoms with Crippen LogP contribution in [0.1, 0.15) is 34.3 Å². The number of aromatic amines is 1. The molecule has 0 fully saturated rings. The normalized spacial score (nSPS) is 13.4. The number of hydrogen-bond acceptors (Lipinski definition) is 2. The zero-order chi connectivity index (χ0) is 19.7. The Morgan fingerprint density at radius 2 is 1.46 bits per heavy atom. The van der Waals surface area contributed by atoms with E-state index in [1.807, 2.05) is 44.6 Å². The molecule has 2 N–H and O–H groups in total. The highest BCUT2D eigenvalue weighted by Gasteiger charge is 2.27. The quantitative estimate of drug-likeness (QED) is 0.493. The van der Waals surface area contributed by atoms with E-state index in [9.17, 15) is 5.11 Å². The summed E-state index contributed by atoms with van der Waals surface area (Å²) in [6, 6.07) is 24.9. The molecule has 3 nitrogen and oxygen atoms in total. The van der Waals surface area contributed by atoms with Gasteiger partial charge < -0.3 is 15.0 Å². The summed E-state index contributed by atoms with van der Waals surface area (Å²) < 4.78 is 0. The fourth-order valence-electron chi connectivity index (χ4n) is 3.82. The molecule has 0 bridgehead atoms. The van der Waals surface area contributed by atoms with Crippen molar-refractivity contribution >= 4 is 16.6 Å². The number of anilines is 1. The van der Waals surface area contributed by atoms with Gasteiger partial charge in [-0.15, -0.1) is 0 Å². The first-order chi connectivity index (χ1) is 13.5. The Labute approximate surface area is 166 Å². The Kier molecular flexibility index (Phi) is 4.93. The predicted molar refractivity (Wildman–Crippen MR) is 117 cm³/mol. The summed E-state index contributed by atoms with van der Waals surface area (Å²) in [5.74, 6) is -0.157. The van der Waals surface area contributed by atoms with Crippen LogP contribution >= 0.6 is 0 Å². The van der Waals surface area contributed by atoms with Gasteiger partial charge in [-0.2, -0.15) is 0 Å². The van der Waals surface area contributed by atoms with Crippen molar-refractivity contribution in [3.8, 4) is 0 Å². The second-order valence-corrected chi connectivity index (χ2v) is 7.61. The van der Waals surface area contributed by atoms with Crippen LogP contribution in [0.2, 0.25) is 0 Å². The highest BCUT2D eigenvalue weighted by Crippen LogP contribution is 2.40. The van der Waals surface area contributed by atoms with Crippen molar-refractivity contribution in [3.63, 3.8) is 0 Å². The first-order valence-electron chi connectivity index (χ1n) is 9.62. The van der Waals surface area contributed by atoms with Crippen molar-refractivity contribution in [1.82, 2.24) is 4.98 Å². The van der Waals surface area contributed by atoms with Gasteiger partial charge in [-0.05, 0) is 41.8 Å². The van der Waals surface area contributed by atoms with E-state index in [1.54, 1.807) is 0 Å². The van der Waals surface area contributed by atoms with E-state index in [2.05, 4.69) is 65.3 Å². The Morgan fingerprint density at radius 1 is 0.821 bits per heavy atom. The molecule has 2 atom stereocenters. The second kappa shape index (κ2) is 7.53. The van der Waals surface area contributed by atoms with Crippen LogP contribution in [-0.4, -0.2) is 24.2 Å². The van der Waals surface area contributed by atoms with Gasteiger partial charge in [-0.25, -0.2) is 0 Å². The van der Waals surface area contributed by atoms with Crippen LogP contribution in [0.3, 0.4) is 0 Å². The zero-order valence-electron chi connectivity index (χ0n) is 16.6. The summed E-state index contributed by atoms with van der Waals surface area (Å²) in [5.41, 5.74) is 6.56. The smallest absolute Gasteiger partial charge is 0.0899 e. The molecule has 142 valence electrons. The standard InChI is InChI=1S/C25H26N2O/c1-17-8-10-19(11-9-17)25(28)24(18-12-14-20(15-13-18)27(2)3)22-16-26-23-7-5-4-6-21(22)23/h4-16,24-26,28H,1-3H3. The van der Waals surface area contributed by atoms with Crippen LogP contribution in [-0.2, 0) is 0 Å². The van der Waals surface area contributed by atoms with Gasteiger partial charge in [0.15, 0.2) is 0 Å². The molecule has 0 aliphatic heterocycles. The highest BCUT2D eigenvalue weighted by molar-refractivity contribution is 5.84. The lowest BCUT2D eigenvalue weighted by molar-refractivity contribution is 0.159. The number of fused-ring (bicyclic) bond motifs is 1. The first kappa shape index (κ1) is 18.3. The van der Waals surface area contributed by atoms with Crippen molar-refractivity contribution in [1.29, 1.82) is 0 Å². The summed E-state index contributed by atoms with van der Waals surface area (Å²) in [7, 11) is 4.07. The summed E-state index contributed by atoms with van der Waals surface area (Å²) in [6.45, 7) is 2.06. The molecule has 0 amide bonds. The van der Waals surface area contributed by atoms with Gasteiger partial charge in [-0.3, -0.25) is 0 Å². The molecule has 0 radical (unpaired) electrons. The number of nitrogens with zero attached hydrogens (tertiary/aromatic N) is 1. The third kappa shape index (κ3) is 3.41. The van der Waals surface area contributed by atoms with Crippen LogP contribution < -0.4 is 4.90 Å². The number of rotatable bonds is 5. The molecule has 3 heteroatoms. The van der Waals surface area contributed by atoms with E-state index in [1.165, 1.54) is 5.56 Å². The number of aromatic nitrogens is 1. The third-order valence-electron chi connectivity index (χ3n) is 5.46. The van der Waals surface area contributed by atoms with E-state index in [-0.39, 0.29) is 5.92 Å².